The molecule has 0 aliphatic carbocycles. The minimum Gasteiger partial charge on any atom is -0.494 e. The van der Waals surface area contributed by atoms with E-state index in [9.17, 15) is 4.79 Å². The molecule has 0 unspecified atom stereocenters. The third-order valence-corrected chi connectivity index (χ3v) is 2.76. The first kappa shape index (κ1) is 12.7. The number of carbonyl (C=O) groups is 1. The number of carbonyl (C=O) groups excluding carboxylic acids is 1. The molecule has 0 atom stereocenters. The van der Waals surface area contributed by atoms with Crippen molar-refractivity contribution >= 4 is 11.7 Å². The maximum Gasteiger partial charge on any atom is 0.321 e. The average Bonchev–Trinajstić information content (AvgIpc) is 2.42. The highest BCUT2D eigenvalue weighted by Gasteiger charge is 2.16. The van der Waals surface area contributed by atoms with Crippen molar-refractivity contribution < 1.29 is 9.53 Å². The van der Waals surface area contributed by atoms with E-state index in [1.54, 1.807) is 4.90 Å². The Morgan fingerprint density at radius 2 is 2.00 bits per heavy atom. The van der Waals surface area contributed by atoms with Crippen molar-refractivity contribution in [3.05, 3.63) is 24.3 Å². The van der Waals surface area contributed by atoms with E-state index in [1.807, 2.05) is 31.2 Å². The van der Waals surface area contributed by atoms with Gasteiger partial charge in [0, 0.05) is 31.9 Å². The minimum atomic E-state index is -0.0611. The maximum absolute atomic E-state index is 11.9. The second-order valence-corrected chi connectivity index (χ2v) is 4.05. The molecule has 1 aliphatic rings. The molecule has 5 nitrogen and oxygen atoms in total. The van der Waals surface area contributed by atoms with E-state index in [-0.39, 0.29) is 6.03 Å². The Labute approximate surface area is 107 Å². The van der Waals surface area contributed by atoms with Gasteiger partial charge in [0.1, 0.15) is 5.75 Å². The first-order valence-electron chi connectivity index (χ1n) is 6.21. The summed E-state index contributed by atoms with van der Waals surface area (Å²) in [5.74, 6) is 0.812. The van der Waals surface area contributed by atoms with Crippen LogP contribution in [0.25, 0.3) is 0 Å². The van der Waals surface area contributed by atoms with Gasteiger partial charge in [0.25, 0.3) is 0 Å². The van der Waals surface area contributed by atoms with Crippen LogP contribution in [0.4, 0.5) is 10.5 Å². The molecule has 0 bridgehead atoms. The van der Waals surface area contributed by atoms with Crippen LogP contribution in [0.2, 0.25) is 0 Å². The molecule has 1 radical (unpaired) electrons. The number of hydrogen-bond acceptors (Lipinski definition) is 2. The van der Waals surface area contributed by atoms with Crippen molar-refractivity contribution in [1.29, 1.82) is 0 Å². The third-order valence-electron chi connectivity index (χ3n) is 2.76. The number of nitrogens with one attached hydrogen (secondary N) is 1. The molecule has 5 heteroatoms. The highest BCUT2D eigenvalue weighted by molar-refractivity contribution is 5.89. The van der Waals surface area contributed by atoms with Gasteiger partial charge < -0.3 is 15.0 Å². The molecule has 1 aromatic carbocycles. The van der Waals surface area contributed by atoms with Gasteiger partial charge in [0.05, 0.1) is 6.61 Å². The summed E-state index contributed by atoms with van der Waals surface area (Å²) in [5, 5.41) is 7.08. The normalized spacial score (nSPS) is 15.3. The van der Waals surface area contributed by atoms with Crippen LogP contribution in [0.3, 0.4) is 0 Å². The molecule has 0 saturated carbocycles. The van der Waals surface area contributed by atoms with Crippen molar-refractivity contribution in [1.82, 2.24) is 10.2 Å². The van der Waals surface area contributed by atoms with Crippen LogP contribution in [0, 0.1) is 0 Å². The largest absolute Gasteiger partial charge is 0.494 e. The summed E-state index contributed by atoms with van der Waals surface area (Å²) in [4.78, 5) is 13.7. The third kappa shape index (κ3) is 3.37. The lowest BCUT2D eigenvalue weighted by Gasteiger charge is -2.26. The van der Waals surface area contributed by atoms with E-state index in [0.29, 0.717) is 19.7 Å². The van der Waals surface area contributed by atoms with Crippen LogP contribution in [0.5, 0.6) is 5.75 Å². The van der Waals surface area contributed by atoms with Crippen molar-refractivity contribution in [3.8, 4) is 5.75 Å². The number of urea groups is 1. The summed E-state index contributed by atoms with van der Waals surface area (Å²) in [6.07, 6.45) is 0. The quantitative estimate of drug-likeness (QED) is 0.882. The molecular weight excluding hydrogens is 230 g/mol. The van der Waals surface area contributed by atoms with Gasteiger partial charge in [-0.3, -0.25) is 0 Å². The van der Waals surface area contributed by atoms with Gasteiger partial charge in [-0.25, -0.2) is 10.1 Å². The van der Waals surface area contributed by atoms with Gasteiger partial charge in [-0.15, -0.1) is 0 Å². The van der Waals surface area contributed by atoms with Crippen LogP contribution in [-0.4, -0.2) is 43.7 Å². The van der Waals surface area contributed by atoms with Crippen LogP contribution in [0.15, 0.2) is 24.3 Å². The summed E-state index contributed by atoms with van der Waals surface area (Å²) in [5.41, 5.74) is 0.783. The monoisotopic (exact) mass is 248 g/mol. The molecule has 2 rings (SSSR count). The highest BCUT2D eigenvalue weighted by Crippen LogP contribution is 2.16. The zero-order chi connectivity index (χ0) is 12.8. The second-order valence-electron chi connectivity index (χ2n) is 4.05. The summed E-state index contributed by atoms with van der Waals surface area (Å²) < 4.78 is 5.35. The molecule has 97 valence electrons. The molecule has 1 fully saturated rings. The maximum atomic E-state index is 11.9. The van der Waals surface area contributed by atoms with Crippen LogP contribution in [-0.2, 0) is 0 Å². The van der Waals surface area contributed by atoms with Gasteiger partial charge in [-0.1, -0.05) is 0 Å². The van der Waals surface area contributed by atoms with Crippen LogP contribution < -0.4 is 15.4 Å². The number of hydrogen-bond donors (Lipinski definition) is 1. The SMILES string of the molecule is CCOc1ccc(NC(=O)N2CC[N]CC2)cc1. The highest BCUT2D eigenvalue weighted by atomic mass is 16.5. The fraction of sp³-hybridized carbons (Fsp3) is 0.462. The van der Waals surface area contributed by atoms with E-state index < -0.39 is 0 Å². The first-order chi connectivity index (χ1) is 8.79. The Hall–Kier alpha value is -1.75. The van der Waals surface area contributed by atoms with E-state index in [1.165, 1.54) is 0 Å². The number of amides is 2. The minimum absolute atomic E-state index is 0.0611. The number of anilines is 1. The molecule has 1 aliphatic heterocycles. The number of ether oxygens (including phenoxy) is 1. The van der Waals surface area contributed by atoms with Crippen molar-refractivity contribution in [2.45, 2.75) is 6.92 Å². The number of nitrogens with zero attached hydrogens (tertiary/aromatic N) is 2. The van der Waals surface area contributed by atoms with Crippen molar-refractivity contribution in [2.24, 2.45) is 0 Å². The van der Waals surface area contributed by atoms with Crippen LogP contribution >= 0.6 is 0 Å². The molecule has 2 amide bonds. The van der Waals surface area contributed by atoms with Gasteiger partial charge in [-0.05, 0) is 31.2 Å². The molecule has 0 aromatic heterocycles. The van der Waals surface area contributed by atoms with E-state index >= 15 is 0 Å². The lowest BCUT2D eigenvalue weighted by Crippen LogP contribution is -2.45. The van der Waals surface area contributed by atoms with E-state index in [4.69, 9.17) is 4.74 Å². The molecule has 18 heavy (non-hydrogen) atoms. The predicted octanol–water partition coefficient (Wildman–Crippen LogP) is 1.54. The van der Waals surface area contributed by atoms with Gasteiger partial charge >= 0.3 is 6.03 Å². The Bertz CT molecular complexity index is 386. The number of benzene rings is 1. The fourth-order valence-corrected chi connectivity index (χ4v) is 1.81. The summed E-state index contributed by atoms with van der Waals surface area (Å²) in [6.45, 7) is 5.44. The van der Waals surface area contributed by atoms with Gasteiger partial charge in [0.2, 0.25) is 0 Å². The van der Waals surface area contributed by atoms with Crippen molar-refractivity contribution in [2.75, 3.05) is 38.1 Å². The Morgan fingerprint density at radius 1 is 1.33 bits per heavy atom. The average molecular weight is 248 g/mol. The van der Waals surface area contributed by atoms with E-state index in [0.717, 1.165) is 24.5 Å². The summed E-state index contributed by atoms with van der Waals surface area (Å²) in [7, 11) is 0. The van der Waals surface area contributed by atoms with Gasteiger partial charge in [-0.2, -0.15) is 0 Å². The molecular formula is C13H18N3O2. The first-order valence-corrected chi connectivity index (χ1v) is 6.21. The molecule has 0 spiro atoms. The fourth-order valence-electron chi connectivity index (χ4n) is 1.81. The Balaban J connectivity index is 1.89. The summed E-state index contributed by atoms with van der Waals surface area (Å²) >= 11 is 0. The Morgan fingerprint density at radius 3 is 2.61 bits per heavy atom. The number of piperazine rings is 1. The smallest absolute Gasteiger partial charge is 0.321 e. The topological polar surface area (TPSA) is 55.7 Å². The van der Waals surface area contributed by atoms with Gasteiger partial charge in [0.15, 0.2) is 0 Å². The molecule has 1 heterocycles. The second kappa shape index (κ2) is 6.26. The molecule has 1 N–H and O–H groups in total. The van der Waals surface area contributed by atoms with E-state index in [2.05, 4.69) is 10.6 Å². The van der Waals surface area contributed by atoms with Crippen molar-refractivity contribution in [3.63, 3.8) is 0 Å². The standard InChI is InChI=1S/C13H18N3O2/c1-2-18-12-5-3-11(4-6-12)15-13(17)16-9-7-14-8-10-16/h3-6H,2,7-10H2,1H3,(H,15,17). The predicted molar refractivity (Wildman–Crippen MR) is 70.1 cm³/mol. The Kier molecular flexibility index (Phi) is 4.41. The zero-order valence-electron chi connectivity index (χ0n) is 10.6. The van der Waals surface area contributed by atoms with Crippen LogP contribution in [0.1, 0.15) is 6.92 Å². The zero-order valence-corrected chi connectivity index (χ0v) is 10.6. The number of rotatable bonds is 3. The molecule has 1 aromatic rings. The summed E-state index contributed by atoms with van der Waals surface area (Å²) in [6, 6.07) is 7.33. The molecule has 1 saturated heterocycles. The lowest BCUT2D eigenvalue weighted by molar-refractivity contribution is 0.203. The lowest BCUT2D eigenvalue weighted by atomic mass is 10.3.